The first-order chi connectivity index (χ1) is 11.5. The lowest BCUT2D eigenvalue weighted by atomic mass is 9.92. The molecule has 1 aliphatic heterocycles. The monoisotopic (exact) mass is 330 g/mol. The summed E-state index contributed by atoms with van der Waals surface area (Å²) < 4.78 is 14.6. The van der Waals surface area contributed by atoms with Gasteiger partial charge in [0.1, 0.15) is 5.82 Å². The minimum atomic E-state index is -0.282. The fraction of sp³-hybridized carbons (Fsp3) is 0.444. The maximum Gasteiger partial charge on any atom is 0.228 e. The number of hydrogen-bond acceptors (Lipinski definition) is 3. The first-order valence-corrected chi connectivity index (χ1v) is 8.37. The second-order valence-electron chi connectivity index (χ2n) is 6.51. The fourth-order valence-electron chi connectivity index (χ4n) is 3.13. The molecule has 1 aromatic carbocycles. The largest absolute Gasteiger partial charge is 0.342 e. The van der Waals surface area contributed by atoms with Crippen LogP contribution in [0.3, 0.4) is 0 Å². The summed E-state index contributed by atoms with van der Waals surface area (Å²) in [6, 6.07) is 8.04. The highest BCUT2D eigenvalue weighted by molar-refractivity contribution is 5.78. The predicted octanol–water partition coefficient (Wildman–Crippen LogP) is 2.14. The van der Waals surface area contributed by atoms with E-state index in [1.165, 1.54) is 12.1 Å². The SMILES string of the molecule is CC(N)C1CCCN(C(=O)Cc2ccn(-c3ccc(F)cc3)n2)C1. The maximum absolute atomic E-state index is 13.0. The molecule has 1 saturated heterocycles. The van der Waals surface area contributed by atoms with Crippen LogP contribution in [0.4, 0.5) is 4.39 Å². The number of carbonyl (C=O) groups excluding carboxylic acids is 1. The summed E-state index contributed by atoms with van der Waals surface area (Å²) in [6.45, 7) is 3.53. The van der Waals surface area contributed by atoms with E-state index in [1.807, 2.05) is 17.9 Å². The van der Waals surface area contributed by atoms with Gasteiger partial charge in [-0.3, -0.25) is 4.79 Å². The number of rotatable bonds is 4. The number of carbonyl (C=O) groups is 1. The molecule has 2 aromatic rings. The Labute approximate surface area is 141 Å². The highest BCUT2D eigenvalue weighted by atomic mass is 19.1. The van der Waals surface area contributed by atoms with Gasteiger partial charge in [-0.05, 0) is 56.0 Å². The van der Waals surface area contributed by atoms with Crippen molar-refractivity contribution < 1.29 is 9.18 Å². The summed E-state index contributed by atoms with van der Waals surface area (Å²) in [5.41, 5.74) is 7.46. The van der Waals surface area contributed by atoms with E-state index in [0.29, 0.717) is 11.6 Å². The summed E-state index contributed by atoms with van der Waals surface area (Å²) in [5.74, 6) is 0.180. The van der Waals surface area contributed by atoms with Gasteiger partial charge in [0, 0.05) is 25.3 Å². The molecule has 1 amide bonds. The van der Waals surface area contributed by atoms with E-state index in [0.717, 1.165) is 31.6 Å². The fourth-order valence-corrected chi connectivity index (χ4v) is 3.13. The van der Waals surface area contributed by atoms with Gasteiger partial charge < -0.3 is 10.6 Å². The van der Waals surface area contributed by atoms with Crippen LogP contribution >= 0.6 is 0 Å². The van der Waals surface area contributed by atoms with Gasteiger partial charge in [-0.25, -0.2) is 9.07 Å². The lowest BCUT2D eigenvalue weighted by Crippen LogP contribution is -2.45. The van der Waals surface area contributed by atoms with Crippen LogP contribution in [0.1, 0.15) is 25.5 Å². The van der Waals surface area contributed by atoms with Crippen LogP contribution in [-0.2, 0) is 11.2 Å². The van der Waals surface area contributed by atoms with Gasteiger partial charge in [0.25, 0.3) is 0 Å². The van der Waals surface area contributed by atoms with Crippen molar-refractivity contribution in [1.82, 2.24) is 14.7 Å². The number of benzene rings is 1. The van der Waals surface area contributed by atoms with Crippen LogP contribution in [0.2, 0.25) is 0 Å². The van der Waals surface area contributed by atoms with Crippen molar-refractivity contribution in [2.45, 2.75) is 32.2 Å². The van der Waals surface area contributed by atoms with Crippen LogP contribution in [0, 0.1) is 11.7 Å². The zero-order valence-electron chi connectivity index (χ0n) is 13.9. The number of likely N-dealkylation sites (tertiary alicyclic amines) is 1. The minimum Gasteiger partial charge on any atom is -0.342 e. The molecule has 1 aromatic heterocycles. The molecule has 1 aliphatic rings. The van der Waals surface area contributed by atoms with Crippen molar-refractivity contribution in [2.24, 2.45) is 11.7 Å². The molecule has 3 rings (SSSR count). The molecule has 2 atom stereocenters. The van der Waals surface area contributed by atoms with Crippen LogP contribution in [0.15, 0.2) is 36.5 Å². The third kappa shape index (κ3) is 3.82. The van der Waals surface area contributed by atoms with Gasteiger partial charge in [-0.1, -0.05) is 0 Å². The highest BCUT2D eigenvalue weighted by Crippen LogP contribution is 2.19. The molecule has 2 unspecified atom stereocenters. The summed E-state index contributed by atoms with van der Waals surface area (Å²) >= 11 is 0. The molecule has 0 aliphatic carbocycles. The number of nitrogens with two attached hydrogens (primary N) is 1. The second kappa shape index (κ2) is 7.13. The Morgan fingerprint density at radius 1 is 1.38 bits per heavy atom. The van der Waals surface area contributed by atoms with Crippen LogP contribution in [0.5, 0.6) is 0 Å². The Morgan fingerprint density at radius 2 is 2.12 bits per heavy atom. The molecule has 2 N–H and O–H groups in total. The Bertz CT molecular complexity index is 695. The lowest BCUT2D eigenvalue weighted by molar-refractivity contribution is -0.132. The highest BCUT2D eigenvalue weighted by Gasteiger charge is 2.26. The average molecular weight is 330 g/mol. The molecule has 0 saturated carbocycles. The molecule has 6 heteroatoms. The predicted molar refractivity (Wildman–Crippen MR) is 90.2 cm³/mol. The van der Waals surface area contributed by atoms with Crippen molar-refractivity contribution in [1.29, 1.82) is 0 Å². The van der Waals surface area contributed by atoms with E-state index in [2.05, 4.69) is 5.10 Å². The Morgan fingerprint density at radius 3 is 2.83 bits per heavy atom. The summed E-state index contributed by atoms with van der Waals surface area (Å²) in [6.07, 6.45) is 4.15. The lowest BCUT2D eigenvalue weighted by Gasteiger charge is -2.34. The van der Waals surface area contributed by atoms with Crippen LogP contribution in [0.25, 0.3) is 5.69 Å². The van der Waals surface area contributed by atoms with Crippen molar-refractivity contribution in [3.05, 3.63) is 48.0 Å². The zero-order chi connectivity index (χ0) is 17.1. The van der Waals surface area contributed by atoms with Crippen LogP contribution in [-0.4, -0.2) is 39.7 Å². The van der Waals surface area contributed by atoms with E-state index in [1.54, 1.807) is 23.0 Å². The van der Waals surface area contributed by atoms with Gasteiger partial charge in [-0.15, -0.1) is 0 Å². The first kappa shape index (κ1) is 16.6. The number of amides is 1. The molecule has 2 heterocycles. The van der Waals surface area contributed by atoms with Crippen LogP contribution < -0.4 is 5.73 Å². The average Bonchev–Trinajstić information content (AvgIpc) is 3.04. The van der Waals surface area contributed by atoms with Gasteiger partial charge >= 0.3 is 0 Å². The second-order valence-corrected chi connectivity index (χ2v) is 6.51. The summed E-state index contributed by atoms with van der Waals surface area (Å²) in [7, 11) is 0. The molecular weight excluding hydrogens is 307 g/mol. The van der Waals surface area contributed by atoms with Gasteiger partial charge in [0.2, 0.25) is 5.91 Å². The Kier molecular flexibility index (Phi) is 4.94. The number of halogens is 1. The van der Waals surface area contributed by atoms with E-state index < -0.39 is 0 Å². The molecular formula is C18H23FN4O. The summed E-state index contributed by atoms with van der Waals surface area (Å²) in [4.78, 5) is 14.4. The molecule has 24 heavy (non-hydrogen) atoms. The number of nitrogens with zero attached hydrogens (tertiary/aromatic N) is 3. The molecule has 1 fully saturated rings. The minimum absolute atomic E-state index is 0.0877. The Hall–Kier alpha value is -2.21. The standard InChI is InChI=1S/C18H23FN4O/c1-13(20)14-3-2-9-22(12-14)18(24)11-16-8-10-23(21-16)17-6-4-15(19)5-7-17/h4-8,10,13-14H,2-3,9,11-12,20H2,1H3. The zero-order valence-corrected chi connectivity index (χ0v) is 13.9. The third-order valence-electron chi connectivity index (χ3n) is 4.62. The molecule has 0 radical (unpaired) electrons. The van der Waals surface area contributed by atoms with E-state index in [-0.39, 0.29) is 24.2 Å². The summed E-state index contributed by atoms with van der Waals surface area (Å²) in [5, 5.41) is 4.42. The number of piperidine rings is 1. The smallest absolute Gasteiger partial charge is 0.228 e. The number of hydrogen-bond donors (Lipinski definition) is 1. The molecule has 5 nitrogen and oxygen atoms in total. The first-order valence-electron chi connectivity index (χ1n) is 8.37. The van der Waals surface area contributed by atoms with E-state index in [4.69, 9.17) is 5.73 Å². The van der Waals surface area contributed by atoms with E-state index in [9.17, 15) is 9.18 Å². The normalized spacial score (nSPS) is 19.3. The number of aromatic nitrogens is 2. The van der Waals surface area contributed by atoms with Crippen molar-refractivity contribution >= 4 is 5.91 Å². The molecule has 128 valence electrons. The van der Waals surface area contributed by atoms with Crippen molar-refractivity contribution in [3.63, 3.8) is 0 Å². The van der Waals surface area contributed by atoms with Gasteiger partial charge in [0.15, 0.2) is 0 Å². The van der Waals surface area contributed by atoms with Gasteiger partial charge in [0.05, 0.1) is 17.8 Å². The maximum atomic E-state index is 13.0. The van der Waals surface area contributed by atoms with Gasteiger partial charge in [-0.2, -0.15) is 5.10 Å². The third-order valence-corrected chi connectivity index (χ3v) is 4.62. The van der Waals surface area contributed by atoms with Crippen molar-refractivity contribution in [3.8, 4) is 5.69 Å². The topological polar surface area (TPSA) is 64.2 Å². The quantitative estimate of drug-likeness (QED) is 0.934. The Balaban J connectivity index is 1.64. The van der Waals surface area contributed by atoms with Crippen molar-refractivity contribution in [2.75, 3.05) is 13.1 Å². The molecule has 0 spiro atoms. The van der Waals surface area contributed by atoms with E-state index >= 15 is 0 Å². The molecule has 0 bridgehead atoms.